The number of para-hydroxylation sites is 1. The molecule has 1 aliphatic heterocycles. The summed E-state index contributed by atoms with van der Waals surface area (Å²) < 4.78 is 7.74. The van der Waals surface area contributed by atoms with E-state index in [0.717, 1.165) is 33.8 Å². The molecule has 1 N–H and O–H groups in total. The fourth-order valence-electron chi connectivity index (χ4n) is 4.26. The molecule has 0 bridgehead atoms. The molecule has 0 radical (unpaired) electrons. The summed E-state index contributed by atoms with van der Waals surface area (Å²) in [5.74, 6) is 2.20. The van der Waals surface area contributed by atoms with Crippen molar-refractivity contribution in [3.05, 3.63) is 120 Å². The molecule has 5 aromatic rings. The van der Waals surface area contributed by atoms with E-state index in [-0.39, 0.29) is 5.88 Å². The minimum atomic E-state index is 0.0614. The predicted octanol–water partition coefficient (Wildman–Crippen LogP) is 7.60. The van der Waals surface area contributed by atoms with Gasteiger partial charge in [0.1, 0.15) is 23.0 Å². The summed E-state index contributed by atoms with van der Waals surface area (Å²) in [6.45, 7) is 2.04. The van der Waals surface area contributed by atoms with Crippen LogP contribution in [0.25, 0.3) is 28.7 Å². The number of aliphatic imine (C=N–C) groups is 1. The second-order valence-electron chi connectivity index (χ2n) is 8.63. The molecule has 0 amide bonds. The van der Waals surface area contributed by atoms with Gasteiger partial charge in [-0.05, 0) is 55.5 Å². The molecule has 0 saturated heterocycles. The van der Waals surface area contributed by atoms with E-state index in [1.54, 1.807) is 4.57 Å². The third-order valence-corrected chi connectivity index (χ3v) is 6.11. The van der Waals surface area contributed by atoms with E-state index in [0.29, 0.717) is 17.3 Å². The van der Waals surface area contributed by atoms with Gasteiger partial charge in [0.15, 0.2) is 0 Å². The number of aryl methyl sites for hydroxylation is 1. The monoisotopic (exact) mass is 469 g/mol. The number of ether oxygens (including phenoxy) is 1. The van der Waals surface area contributed by atoms with Crippen molar-refractivity contribution < 1.29 is 9.84 Å². The number of nitrogens with zero attached hydrogens (tertiary/aromatic N) is 3. The fraction of sp³-hybridized carbons (Fsp3) is 0.0323. The van der Waals surface area contributed by atoms with Crippen LogP contribution in [0.3, 0.4) is 0 Å². The summed E-state index contributed by atoms with van der Waals surface area (Å²) >= 11 is 0. The summed E-state index contributed by atoms with van der Waals surface area (Å²) in [6, 6.07) is 33.3. The van der Waals surface area contributed by atoms with Gasteiger partial charge in [-0.25, -0.2) is 4.98 Å². The molecule has 0 unspecified atom stereocenters. The van der Waals surface area contributed by atoms with Crippen LogP contribution in [0.1, 0.15) is 16.8 Å². The van der Waals surface area contributed by atoms with Gasteiger partial charge in [-0.3, -0.25) is 9.56 Å². The zero-order valence-corrected chi connectivity index (χ0v) is 19.7. The third kappa shape index (κ3) is 4.07. The highest BCUT2D eigenvalue weighted by Gasteiger charge is 2.20. The zero-order chi connectivity index (χ0) is 24.5. The average Bonchev–Trinajstić information content (AvgIpc) is 3.47. The lowest BCUT2D eigenvalue weighted by Gasteiger charge is -2.11. The highest BCUT2D eigenvalue weighted by atomic mass is 16.5. The standard InChI is InChI=1S/C31H23N3O2/c1-21-11-15-25(16-12-21)36-26-17-13-24(14-18-26)34-30(22-7-3-2-4-8-22)33-29(31(34)35)19-23-20-32-28-10-6-5-9-27(23)28/h2-20,35H,1H3/b23-19+. The maximum atomic E-state index is 11.3. The van der Waals surface area contributed by atoms with Gasteiger partial charge in [-0.1, -0.05) is 66.2 Å². The van der Waals surface area contributed by atoms with Crippen LogP contribution in [-0.4, -0.2) is 20.9 Å². The molecule has 2 heterocycles. The van der Waals surface area contributed by atoms with E-state index in [1.165, 1.54) is 5.56 Å². The van der Waals surface area contributed by atoms with Crippen LogP contribution < -0.4 is 4.74 Å². The Balaban J connectivity index is 1.40. The van der Waals surface area contributed by atoms with Crippen LogP contribution in [0.2, 0.25) is 0 Å². The Labute approximate surface area is 209 Å². The highest BCUT2D eigenvalue weighted by molar-refractivity contribution is 6.21. The Bertz CT molecular complexity index is 1600. The summed E-state index contributed by atoms with van der Waals surface area (Å²) in [4.78, 5) is 9.31. The Morgan fingerprint density at radius 3 is 2.19 bits per heavy atom. The molecule has 4 aromatic carbocycles. The van der Waals surface area contributed by atoms with E-state index >= 15 is 0 Å². The molecule has 1 aliphatic rings. The highest BCUT2D eigenvalue weighted by Crippen LogP contribution is 2.36. The maximum absolute atomic E-state index is 11.3. The number of aromatic hydroxyl groups is 1. The van der Waals surface area contributed by atoms with Gasteiger partial charge < -0.3 is 9.84 Å². The van der Waals surface area contributed by atoms with Crippen molar-refractivity contribution in [3.8, 4) is 34.5 Å². The van der Waals surface area contributed by atoms with Crippen LogP contribution in [0.5, 0.6) is 17.4 Å². The van der Waals surface area contributed by atoms with E-state index in [2.05, 4.69) is 4.99 Å². The molecular weight excluding hydrogens is 446 g/mol. The second-order valence-corrected chi connectivity index (χ2v) is 8.63. The molecule has 0 saturated carbocycles. The number of hydrogen-bond donors (Lipinski definition) is 1. The van der Waals surface area contributed by atoms with Gasteiger partial charge in [0, 0.05) is 22.9 Å². The van der Waals surface area contributed by atoms with Gasteiger partial charge >= 0.3 is 0 Å². The van der Waals surface area contributed by atoms with Crippen LogP contribution in [0.4, 0.5) is 5.69 Å². The van der Waals surface area contributed by atoms with E-state index in [1.807, 2.05) is 122 Å². The molecule has 0 fully saturated rings. The van der Waals surface area contributed by atoms with Gasteiger partial charge in [-0.15, -0.1) is 0 Å². The second kappa shape index (κ2) is 9.04. The predicted molar refractivity (Wildman–Crippen MR) is 144 cm³/mol. The summed E-state index contributed by atoms with van der Waals surface area (Å²) in [5.41, 5.74) is 6.18. The Morgan fingerprint density at radius 1 is 0.778 bits per heavy atom. The topological polar surface area (TPSA) is 59.6 Å². The minimum Gasteiger partial charge on any atom is -0.493 e. The maximum Gasteiger partial charge on any atom is 0.224 e. The van der Waals surface area contributed by atoms with Gasteiger partial charge in [0.05, 0.1) is 11.4 Å². The smallest absolute Gasteiger partial charge is 0.224 e. The first-order valence-electron chi connectivity index (χ1n) is 11.7. The van der Waals surface area contributed by atoms with Crippen LogP contribution in [0, 0.1) is 6.92 Å². The molecule has 174 valence electrons. The molecule has 36 heavy (non-hydrogen) atoms. The number of hydrogen-bond acceptors (Lipinski definition) is 4. The van der Waals surface area contributed by atoms with E-state index in [4.69, 9.17) is 9.72 Å². The average molecular weight is 470 g/mol. The van der Waals surface area contributed by atoms with E-state index < -0.39 is 0 Å². The largest absolute Gasteiger partial charge is 0.493 e. The number of rotatable bonds is 5. The molecule has 0 aliphatic carbocycles. The van der Waals surface area contributed by atoms with Crippen LogP contribution in [-0.2, 0) is 0 Å². The number of aromatic nitrogens is 2. The zero-order valence-electron chi connectivity index (χ0n) is 19.7. The van der Waals surface area contributed by atoms with Crippen LogP contribution >= 0.6 is 0 Å². The normalized spacial score (nSPS) is 13.2. The summed E-state index contributed by atoms with van der Waals surface area (Å²) in [7, 11) is 0. The summed E-state index contributed by atoms with van der Waals surface area (Å²) in [5, 5.41) is 11.3. The number of imidazole rings is 1. The molecule has 5 nitrogen and oxygen atoms in total. The number of fused-ring (bicyclic) bond motifs is 1. The molecule has 5 heteroatoms. The Hall–Kier alpha value is -4.90. The lowest BCUT2D eigenvalue weighted by Crippen LogP contribution is -1.97. The quantitative estimate of drug-likeness (QED) is 0.288. The van der Waals surface area contributed by atoms with Crippen molar-refractivity contribution >= 4 is 23.6 Å². The lowest BCUT2D eigenvalue weighted by molar-refractivity contribution is 0.442. The van der Waals surface area contributed by atoms with Crippen molar-refractivity contribution in [2.45, 2.75) is 6.92 Å². The molecule has 0 spiro atoms. The fourth-order valence-corrected chi connectivity index (χ4v) is 4.26. The first kappa shape index (κ1) is 21.6. The number of benzene rings is 4. The van der Waals surface area contributed by atoms with Crippen molar-refractivity contribution in [1.29, 1.82) is 0 Å². The van der Waals surface area contributed by atoms with Crippen molar-refractivity contribution in [1.82, 2.24) is 9.55 Å². The number of allylic oxidation sites excluding steroid dienone is 1. The van der Waals surface area contributed by atoms with Gasteiger partial charge in [0.25, 0.3) is 0 Å². The van der Waals surface area contributed by atoms with Crippen molar-refractivity contribution in [3.63, 3.8) is 0 Å². The Morgan fingerprint density at radius 2 is 1.44 bits per heavy atom. The minimum absolute atomic E-state index is 0.0614. The van der Waals surface area contributed by atoms with Gasteiger partial charge in [-0.2, -0.15) is 0 Å². The van der Waals surface area contributed by atoms with Crippen molar-refractivity contribution in [2.75, 3.05) is 0 Å². The van der Waals surface area contributed by atoms with Crippen LogP contribution in [0.15, 0.2) is 108 Å². The molecular formula is C31H23N3O2. The first-order valence-corrected chi connectivity index (χ1v) is 11.7. The molecule has 0 atom stereocenters. The van der Waals surface area contributed by atoms with Gasteiger partial charge in [0.2, 0.25) is 5.88 Å². The Kier molecular flexibility index (Phi) is 5.43. The SMILES string of the molecule is Cc1ccc(Oc2ccc(-n3c(-c4ccccc4)nc(/C=C4\C=Nc5ccccc54)c3O)cc2)cc1. The lowest BCUT2D eigenvalue weighted by atomic mass is 10.1. The van der Waals surface area contributed by atoms with E-state index in [9.17, 15) is 5.11 Å². The first-order chi connectivity index (χ1) is 17.7. The van der Waals surface area contributed by atoms with Crippen molar-refractivity contribution in [2.24, 2.45) is 4.99 Å². The molecule has 6 rings (SSSR count). The molecule has 1 aromatic heterocycles. The third-order valence-electron chi connectivity index (χ3n) is 6.11. The summed E-state index contributed by atoms with van der Waals surface area (Å²) in [6.07, 6.45) is 3.69.